The van der Waals surface area contributed by atoms with E-state index in [1.165, 1.54) is 39.5 Å². The first-order valence-electron chi connectivity index (χ1n) is 18.8. The van der Waals surface area contributed by atoms with Crippen LogP contribution in [-0.2, 0) is 50.7 Å². The van der Waals surface area contributed by atoms with Crippen LogP contribution in [0.2, 0.25) is 0 Å². The van der Waals surface area contributed by atoms with Gasteiger partial charge in [-0.2, -0.15) is 4.31 Å². The van der Waals surface area contributed by atoms with Crippen LogP contribution >= 0.6 is 35.2 Å². The third kappa shape index (κ3) is 17.2. The summed E-state index contributed by atoms with van der Waals surface area (Å²) in [5.41, 5.74) is 4.27. The van der Waals surface area contributed by atoms with E-state index < -0.39 is 84.6 Å². The molecule has 0 bridgehead atoms. The SMILES string of the molecule is CCCCCCC/C=C/CC(=O)SCCNC(=O)CCNC(=O)C(O)C(C)(C)COP(=O)(O)OP(=O)(O)OCC1OC(n2cnc3c(N)ncnc32)C(O)C1OP(=O)(O)O. The lowest BCUT2D eigenvalue weighted by atomic mass is 9.87. The molecule has 28 heteroatoms. The molecule has 7 atom stereocenters. The van der Waals surface area contributed by atoms with Gasteiger partial charge in [-0.05, 0) is 12.8 Å². The molecule has 1 saturated heterocycles. The van der Waals surface area contributed by atoms with Gasteiger partial charge in [0.2, 0.25) is 11.8 Å². The number of phosphoric ester groups is 3. The Balaban J connectivity index is 1.41. The third-order valence-electron chi connectivity index (χ3n) is 8.69. The van der Waals surface area contributed by atoms with Crippen molar-refractivity contribution in [3.8, 4) is 0 Å². The van der Waals surface area contributed by atoms with Crippen molar-refractivity contribution in [2.24, 2.45) is 5.41 Å². The minimum absolute atomic E-state index is 0.0246. The number of aliphatic hydroxyl groups is 2. The lowest BCUT2D eigenvalue weighted by Gasteiger charge is -2.30. The van der Waals surface area contributed by atoms with Gasteiger partial charge in [-0.15, -0.1) is 0 Å². The van der Waals surface area contributed by atoms with Gasteiger partial charge in [0, 0.05) is 37.1 Å². The molecule has 2 amide bonds. The number of aromatic nitrogens is 4. The molecule has 60 heavy (non-hydrogen) atoms. The molecule has 3 rings (SSSR count). The predicted molar refractivity (Wildman–Crippen MR) is 214 cm³/mol. The average Bonchev–Trinajstić information content (AvgIpc) is 3.72. The van der Waals surface area contributed by atoms with E-state index in [4.69, 9.17) is 19.5 Å². The van der Waals surface area contributed by atoms with Crippen molar-refractivity contribution < 1.29 is 80.5 Å². The summed E-state index contributed by atoms with van der Waals surface area (Å²) < 4.78 is 62.2. The fourth-order valence-electron chi connectivity index (χ4n) is 5.52. The van der Waals surface area contributed by atoms with Crippen LogP contribution in [0.3, 0.4) is 0 Å². The van der Waals surface area contributed by atoms with E-state index in [1.807, 2.05) is 12.2 Å². The van der Waals surface area contributed by atoms with Crippen LogP contribution in [0.25, 0.3) is 11.2 Å². The topological polar surface area (TPSA) is 364 Å². The highest BCUT2D eigenvalue weighted by molar-refractivity contribution is 8.13. The Morgan fingerprint density at radius 1 is 1.02 bits per heavy atom. The first kappa shape index (κ1) is 51.6. The molecule has 0 radical (unpaired) electrons. The number of nitrogens with zero attached hydrogens (tertiary/aromatic N) is 4. The van der Waals surface area contributed by atoms with Gasteiger partial charge >= 0.3 is 23.5 Å². The number of aliphatic hydroxyl groups excluding tert-OH is 2. The molecule has 3 heterocycles. The number of carbonyl (C=O) groups is 3. The Kier molecular flexibility index (Phi) is 20.4. The molecule has 24 nitrogen and oxygen atoms in total. The molecular formula is C32H54N7O17P3S. The minimum Gasteiger partial charge on any atom is -0.386 e. The van der Waals surface area contributed by atoms with Crippen molar-refractivity contribution in [3.63, 3.8) is 0 Å². The van der Waals surface area contributed by atoms with E-state index in [1.54, 1.807) is 0 Å². The van der Waals surface area contributed by atoms with Gasteiger partial charge in [0.05, 0.1) is 19.5 Å². The van der Waals surface area contributed by atoms with Crippen LogP contribution in [0.5, 0.6) is 0 Å². The molecule has 1 fully saturated rings. The van der Waals surface area contributed by atoms with E-state index >= 15 is 0 Å². The number of unbranched alkanes of at least 4 members (excludes halogenated alkanes) is 5. The van der Waals surface area contributed by atoms with Gasteiger partial charge in [-0.3, -0.25) is 32.5 Å². The second-order valence-electron chi connectivity index (χ2n) is 14.2. The maximum Gasteiger partial charge on any atom is 0.481 e. The number of thioether (sulfide) groups is 1. The van der Waals surface area contributed by atoms with Gasteiger partial charge in [-0.1, -0.05) is 70.4 Å². The molecule has 10 N–H and O–H groups in total. The Hall–Kier alpha value is -2.70. The number of hydrogen-bond acceptors (Lipinski definition) is 18. The standard InChI is InChI=1S/C32H54N7O17P3S/c1-4-5-6-7-8-9-10-11-12-23(41)60-16-15-34-22(40)13-14-35-30(44)27(43)32(2,3)18-53-59(50,51)56-58(48,49)52-17-21-26(55-57(45,46)47)25(42)31(54-21)39-20-38-24-28(33)36-19-37-29(24)39/h10-11,19-21,25-27,31,42-43H,4-9,12-18H2,1-3H3,(H,34,40)(H,35,44)(H,48,49)(H,50,51)(H2,33,36,37)(H2,45,46,47)/b11-10+. The molecular weight excluding hydrogens is 879 g/mol. The van der Waals surface area contributed by atoms with Crippen molar-refractivity contribution in [2.75, 3.05) is 37.8 Å². The van der Waals surface area contributed by atoms with Gasteiger partial charge in [0.15, 0.2) is 22.8 Å². The second-order valence-corrected chi connectivity index (χ2v) is 19.6. The number of fused-ring (bicyclic) bond motifs is 1. The van der Waals surface area contributed by atoms with Crippen molar-refractivity contribution in [3.05, 3.63) is 24.8 Å². The largest absolute Gasteiger partial charge is 0.481 e. The van der Waals surface area contributed by atoms with Crippen LogP contribution in [-0.4, -0.2) is 123 Å². The monoisotopic (exact) mass is 933 g/mol. The average molecular weight is 934 g/mol. The van der Waals surface area contributed by atoms with E-state index in [0.717, 1.165) is 41.8 Å². The number of allylic oxidation sites excluding steroid dienone is 2. The number of nitrogen functional groups attached to an aromatic ring is 1. The molecule has 7 unspecified atom stereocenters. The summed E-state index contributed by atoms with van der Waals surface area (Å²) in [6.45, 7) is 2.68. The molecule has 1 aliphatic heterocycles. The van der Waals surface area contributed by atoms with Gasteiger partial charge in [0.25, 0.3) is 0 Å². The highest BCUT2D eigenvalue weighted by atomic mass is 32.2. The zero-order valence-electron chi connectivity index (χ0n) is 33.2. The van der Waals surface area contributed by atoms with Crippen molar-refractivity contribution in [1.29, 1.82) is 0 Å². The zero-order valence-corrected chi connectivity index (χ0v) is 36.7. The summed E-state index contributed by atoms with van der Waals surface area (Å²) in [7, 11) is -16.4. The number of nitrogens with one attached hydrogen (secondary N) is 2. The first-order chi connectivity index (χ1) is 28.1. The zero-order chi connectivity index (χ0) is 44.7. The molecule has 2 aromatic rings. The maximum absolute atomic E-state index is 12.7. The molecule has 1 aliphatic rings. The number of rotatable bonds is 27. The Bertz CT molecular complexity index is 1920. The smallest absolute Gasteiger partial charge is 0.386 e. The number of ether oxygens (including phenoxy) is 1. The van der Waals surface area contributed by atoms with Crippen molar-refractivity contribution in [2.45, 2.75) is 103 Å². The Morgan fingerprint density at radius 2 is 1.72 bits per heavy atom. The number of amides is 2. The fraction of sp³-hybridized carbons (Fsp3) is 0.688. The second kappa shape index (κ2) is 23.7. The lowest BCUT2D eigenvalue weighted by molar-refractivity contribution is -0.137. The first-order valence-corrected chi connectivity index (χ1v) is 24.3. The number of hydrogen-bond donors (Lipinski definition) is 9. The summed E-state index contributed by atoms with van der Waals surface area (Å²) in [5.74, 6) is -1.08. The van der Waals surface area contributed by atoms with E-state index in [-0.39, 0.29) is 41.6 Å². The molecule has 0 spiro atoms. The molecule has 340 valence electrons. The summed E-state index contributed by atoms with van der Waals surface area (Å²) in [6, 6.07) is 0. The summed E-state index contributed by atoms with van der Waals surface area (Å²) in [4.78, 5) is 87.8. The molecule has 0 saturated carbocycles. The highest BCUT2D eigenvalue weighted by Crippen LogP contribution is 2.61. The fourth-order valence-corrected chi connectivity index (χ4v) is 8.99. The van der Waals surface area contributed by atoms with Crippen LogP contribution in [0.1, 0.15) is 78.4 Å². The maximum atomic E-state index is 12.7. The molecule has 2 aromatic heterocycles. The number of carbonyl (C=O) groups excluding carboxylic acids is 3. The number of phosphoric acid groups is 3. The van der Waals surface area contributed by atoms with Crippen LogP contribution in [0.15, 0.2) is 24.8 Å². The summed E-state index contributed by atoms with van der Waals surface area (Å²) >= 11 is 1.09. The van der Waals surface area contributed by atoms with Crippen molar-refractivity contribution >= 4 is 69.1 Å². The summed E-state index contributed by atoms with van der Waals surface area (Å²) in [6.07, 6.45) is 4.08. The Labute approximate surface area is 349 Å². The van der Waals surface area contributed by atoms with E-state index in [2.05, 4.69) is 41.3 Å². The van der Waals surface area contributed by atoms with Crippen LogP contribution in [0.4, 0.5) is 5.82 Å². The normalized spacial score (nSPS) is 21.1. The minimum atomic E-state index is -5.57. The molecule has 0 aromatic carbocycles. The van der Waals surface area contributed by atoms with Gasteiger partial charge in [0.1, 0.15) is 36.3 Å². The number of nitrogens with two attached hydrogens (primary N) is 1. The quantitative estimate of drug-likeness (QED) is 0.0351. The third-order valence-corrected chi connectivity index (χ3v) is 12.7. The van der Waals surface area contributed by atoms with Gasteiger partial charge < -0.3 is 50.9 Å². The highest BCUT2D eigenvalue weighted by Gasteiger charge is 2.50. The number of imidazole rings is 1. The lowest BCUT2D eigenvalue weighted by Crippen LogP contribution is -2.46. The van der Waals surface area contributed by atoms with E-state index in [0.29, 0.717) is 12.2 Å². The van der Waals surface area contributed by atoms with Crippen LogP contribution in [0, 0.1) is 5.41 Å². The summed E-state index contributed by atoms with van der Waals surface area (Å²) in [5, 5.41) is 26.4. The van der Waals surface area contributed by atoms with Crippen molar-refractivity contribution in [1.82, 2.24) is 30.2 Å². The van der Waals surface area contributed by atoms with Gasteiger partial charge in [-0.25, -0.2) is 28.6 Å². The van der Waals surface area contributed by atoms with E-state index in [9.17, 15) is 57.9 Å². The Morgan fingerprint density at radius 3 is 2.42 bits per heavy atom. The number of anilines is 1. The van der Waals surface area contributed by atoms with Crippen LogP contribution < -0.4 is 16.4 Å². The molecule has 0 aliphatic carbocycles. The predicted octanol–water partition coefficient (Wildman–Crippen LogP) is 1.97.